The summed E-state index contributed by atoms with van der Waals surface area (Å²) in [5.41, 5.74) is 0.629. The van der Waals surface area contributed by atoms with E-state index in [0.29, 0.717) is 32.1 Å². The van der Waals surface area contributed by atoms with Gasteiger partial charge in [-0.1, -0.05) is 23.1 Å². The van der Waals surface area contributed by atoms with Crippen molar-refractivity contribution in [3.8, 4) is 11.6 Å². The summed E-state index contributed by atoms with van der Waals surface area (Å²) in [5.74, 6) is 6.23. The summed E-state index contributed by atoms with van der Waals surface area (Å²) in [5, 5.41) is 11.4. The fraction of sp³-hybridized carbons (Fsp3) is 0.0667. The SMILES string of the molecule is Nn1c(SCC(=O)Nc2nc3ccc(F)cc3s2)nnc1-c1ccco1. The standard InChI is InChI=1S/C15H11FN6O2S2/c16-8-3-4-9-11(6-8)26-14(18-9)19-12(23)7-25-15-21-20-13(22(15)17)10-2-1-5-24-10/h1-6H,7,17H2,(H,18,19,23). The van der Waals surface area contributed by atoms with E-state index >= 15 is 0 Å². The Morgan fingerprint density at radius 3 is 3.08 bits per heavy atom. The molecular weight excluding hydrogens is 379 g/mol. The maximum Gasteiger partial charge on any atom is 0.236 e. The predicted octanol–water partition coefficient (Wildman–Crippen LogP) is 2.73. The molecule has 0 saturated carbocycles. The van der Waals surface area contributed by atoms with Gasteiger partial charge in [0.05, 0.1) is 22.2 Å². The summed E-state index contributed by atoms with van der Waals surface area (Å²) in [7, 11) is 0. The molecule has 1 aromatic carbocycles. The second-order valence-electron chi connectivity index (χ2n) is 5.12. The molecule has 3 N–H and O–H groups in total. The third-order valence-corrected chi connectivity index (χ3v) is 5.21. The minimum absolute atomic E-state index is 0.0672. The Bertz CT molecular complexity index is 1080. The van der Waals surface area contributed by atoms with Crippen molar-refractivity contribution in [3.63, 3.8) is 0 Å². The largest absolute Gasteiger partial charge is 0.461 e. The quantitative estimate of drug-likeness (QED) is 0.398. The Labute approximate surface area is 154 Å². The van der Waals surface area contributed by atoms with Crippen molar-refractivity contribution in [3.05, 3.63) is 42.4 Å². The van der Waals surface area contributed by atoms with Crippen molar-refractivity contribution in [1.29, 1.82) is 0 Å². The molecule has 0 spiro atoms. The number of aromatic nitrogens is 4. The first-order valence-electron chi connectivity index (χ1n) is 7.33. The van der Waals surface area contributed by atoms with E-state index < -0.39 is 0 Å². The number of halogens is 1. The molecule has 0 atom stereocenters. The molecular formula is C15H11FN6O2S2. The van der Waals surface area contributed by atoms with Crippen molar-refractivity contribution in [1.82, 2.24) is 19.9 Å². The zero-order valence-corrected chi connectivity index (χ0v) is 14.7. The van der Waals surface area contributed by atoms with Gasteiger partial charge in [0.1, 0.15) is 5.82 Å². The van der Waals surface area contributed by atoms with Crippen LogP contribution in [0, 0.1) is 5.82 Å². The van der Waals surface area contributed by atoms with Crippen LogP contribution in [0.15, 0.2) is 46.2 Å². The van der Waals surface area contributed by atoms with Crippen LogP contribution in [0.25, 0.3) is 21.8 Å². The van der Waals surface area contributed by atoms with Gasteiger partial charge in [-0.05, 0) is 30.3 Å². The van der Waals surface area contributed by atoms with Gasteiger partial charge in [0.2, 0.25) is 16.9 Å². The van der Waals surface area contributed by atoms with Gasteiger partial charge in [-0.25, -0.2) is 14.1 Å². The van der Waals surface area contributed by atoms with E-state index in [1.807, 2.05) is 0 Å². The number of nitrogens with zero attached hydrogens (tertiary/aromatic N) is 4. The normalized spacial score (nSPS) is 11.1. The van der Waals surface area contributed by atoms with Gasteiger partial charge in [-0.3, -0.25) is 4.79 Å². The number of amides is 1. The number of thiazole rings is 1. The monoisotopic (exact) mass is 390 g/mol. The molecule has 4 rings (SSSR count). The summed E-state index contributed by atoms with van der Waals surface area (Å²) in [4.78, 5) is 16.4. The molecule has 11 heteroatoms. The number of hydrogen-bond acceptors (Lipinski definition) is 8. The summed E-state index contributed by atoms with van der Waals surface area (Å²) in [6, 6.07) is 7.70. The maximum atomic E-state index is 13.2. The highest BCUT2D eigenvalue weighted by atomic mass is 32.2. The van der Waals surface area contributed by atoms with E-state index in [2.05, 4.69) is 20.5 Å². The molecule has 1 amide bonds. The molecule has 0 aliphatic rings. The van der Waals surface area contributed by atoms with Gasteiger partial charge in [0, 0.05) is 0 Å². The fourth-order valence-electron chi connectivity index (χ4n) is 2.19. The number of hydrogen-bond donors (Lipinski definition) is 2. The molecule has 26 heavy (non-hydrogen) atoms. The van der Waals surface area contributed by atoms with E-state index in [-0.39, 0.29) is 17.5 Å². The maximum absolute atomic E-state index is 13.2. The lowest BCUT2D eigenvalue weighted by molar-refractivity contribution is -0.113. The van der Waals surface area contributed by atoms with Crippen molar-refractivity contribution in [2.45, 2.75) is 5.16 Å². The molecule has 0 fully saturated rings. The van der Waals surface area contributed by atoms with Crippen molar-refractivity contribution in [2.75, 3.05) is 16.9 Å². The number of anilines is 1. The molecule has 3 aromatic heterocycles. The predicted molar refractivity (Wildman–Crippen MR) is 96.8 cm³/mol. The van der Waals surface area contributed by atoms with Crippen LogP contribution in [0.4, 0.5) is 9.52 Å². The summed E-state index contributed by atoms with van der Waals surface area (Å²) in [6.45, 7) is 0. The topological polar surface area (TPSA) is 112 Å². The number of fused-ring (bicyclic) bond motifs is 1. The average molecular weight is 390 g/mol. The number of nitrogens with two attached hydrogens (primary N) is 1. The Hall–Kier alpha value is -2.92. The molecule has 0 radical (unpaired) electrons. The van der Waals surface area contributed by atoms with E-state index in [4.69, 9.17) is 10.3 Å². The van der Waals surface area contributed by atoms with Crippen LogP contribution in [-0.2, 0) is 4.79 Å². The number of benzene rings is 1. The Kier molecular flexibility index (Phi) is 4.31. The van der Waals surface area contributed by atoms with E-state index in [0.717, 1.165) is 11.8 Å². The van der Waals surface area contributed by atoms with E-state index in [1.54, 1.807) is 18.2 Å². The molecule has 0 aliphatic carbocycles. The molecule has 0 unspecified atom stereocenters. The lowest BCUT2D eigenvalue weighted by Gasteiger charge is -2.02. The molecule has 132 valence electrons. The van der Waals surface area contributed by atoms with Gasteiger partial charge in [-0.15, -0.1) is 10.2 Å². The minimum atomic E-state index is -0.343. The fourth-order valence-corrected chi connectivity index (χ4v) is 3.75. The van der Waals surface area contributed by atoms with Crippen LogP contribution in [0.1, 0.15) is 0 Å². The van der Waals surface area contributed by atoms with Crippen LogP contribution < -0.4 is 11.2 Å². The number of nitrogen functional groups attached to an aromatic ring is 1. The summed E-state index contributed by atoms with van der Waals surface area (Å²) < 4.78 is 20.4. The third kappa shape index (κ3) is 3.26. The first kappa shape index (κ1) is 16.5. The zero-order chi connectivity index (χ0) is 18.1. The van der Waals surface area contributed by atoms with Gasteiger partial charge < -0.3 is 15.6 Å². The van der Waals surface area contributed by atoms with Crippen LogP contribution in [0.5, 0.6) is 0 Å². The first-order chi connectivity index (χ1) is 12.6. The highest BCUT2D eigenvalue weighted by Gasteiger charge is 2.16. The number of rotatable bonds is 5. The number of carbonyl (C=O) groups is 1. The van der Waals surface area contributed by atoms with Gasteiger partial charge in [0.25, 0.3) is 0 Å². The van der Waals surface area contributed by atoms with Gasteiger partial charge in [-0.2, -0.15) is 0 Å². The van der Waals surface area contributed by atoms with Crippen molar-refractivity contribution in [2.24, 2.45) is 0 Å². The summed E-state index contributed by atoms with van der Waals surface area (Å²) >= 11 is 2.33. The molecule has 0 bridgehead atoms. The Morgan fingerprint density at radius 2 is 2.27 bits per heavy atom. The van der Waals surface area contributed by atoms with Crippen LogP contribution in [0.2, 0.25) is 0 Å². The second kappa shape index (κ2) is 6.77. The summed E-state index contributed by atoms with van der Waals surface area (Å²) in [6.07, 6.45) is 1.51. The minimum Gasteiger partial charge on any atom is -0.461 e. The Balaban J connectivity index is 1.41. The molecule has 0 aliphatic heterocycles. The van der Waals surface area contributed by atoms with Crippen molar-refractivity contribution >= 4 is 44.4 Å². The molecule has 8 nitrogen and oxygen atoms in total. The third-order valence-electron chi connectivity index (χ3n) is 3.34. The van der Waals surface area contributed by atoms with E-state index in [9.17, 15) is 9.18 Å². The lowest BCUT2D eigenvalue weighted by Crippen LogP contribution is -2.16. The highest BCUT2D eigenvalue weighted by molar-refractivity contribution is 7.99. The smallest absolute Gasteiger partial charge is 0.236 e. The molecule has 0 saturated heterocycles. The molecule has 3 heterocycles. The Morgan fingerprint density at radius 1 is 1.38 bits per heavy atom. The van der Waals surface area contributed by atoms with Gasteiger partial charge >= 0.3 is 0 Å². The van der Waals surface area contributed by atoms with Crippen LogP contribution in [-0.4, -0.2) is 31.5 Å². The van der Waals surface area contributed by atoms with Crippen molar-refractivity contribution < 1.29 is 13.6 Å². The number of thioether (sulfide) groups is 1. The van der Waals surface area contributed by atoms with E-state index in [1.165, 1.54) is 34.4 Å². The zero-order valence-electron chi connectivity index (χ0n) is 13.0. The van der Waals surface area contributed by atoms with Crippen LogP contribution in [0.3, 0.4) is 0 Å². The average Bonchev–Trinajstić information content (AvgIpc) is 3.32. The van der Waals surface area contributed by atoms with Crippen LogP contribution >= 0.6 is 23.1 Å². The second-order valence-corrected chi connectivity index (χ2v) is 7.09. The first-order valence-corrected chi connectivity index (χ1v) is 9.13. The lowest BCUT2D eigenvalue weighted by atomic mass is 10.3. The molecule has 4 aromatic rings. The number of carbonyl (C=O) groups excluding carboxylic acids is 1. The van der Waals surface area contributed by atoms with Gasteiger partial charge in [0.15, 0.2) is 10.9 Å². The highest BCUT2D eigenvalue weighted by Crippen LogP contribution is 2.27. The number of furan rings is 1. The number of nitrogens with one attached hydrogen (secondary N) is 1.